The molecule has 0 radical (unpaired) electrons. The number of anilines is 1. The largest absolute Gasteiger partial charge is 0.398 e. The van der Waals surface area contributed by atoms with E-state index in [0.717, 1.165) is 5.56 Å². The minimum absolute atomic E-state index is 0. The predicted octanol–water partition coefficient (Wildman–Crippen LogP) is 2.41. The summed E-state index contributed by atoms with van der Waals surface area (Å²) in [4.78, 5) is 12.3. The van der Waals surface area contributed by atoms with Crippen LogP contribution in [-0.4, -0.2) is 37.8 Å². The van der Waals surface area contributed by atoms with Crippen molar-refractivity contribution in [3.8, 4) is 0 Å². The molecule has 0 atom stereocenters. The van der Waals surface area contributed by atoms with E-state index in [1.165, 1.54) is 4.31 Å². The number of benzene rings is 2. The van der Waals surface area contributed by atoms with Gasteiger partial charge in [-0.2, -0.15) is 0 Å². The molecule has 1 aliphatic heterocycles. The fraction of sp³-hybridized carbons (Fsp3) is 0.316. The van der Waals surface area contributed by atoms with Crippen LogP contribution >= 0.6 is 12.4 Å². The van der Waals surface area contributed by atoms with Crippen molar-refractivity contribution in [3.63, 3.8) is 0 Å². The topological polar surface area (TPSA) is 92.5 Å². The first kappa shape index (κ1) is 21.2. The fourth-order valence-electron chi connectivity index (χ4n) is 3.12. The van der Waals surface area contributed by atoms with Crippen molar-refractivity contribution < 1.29 is 13.2 Å². The summed E-state index contributed by atoms with van der Waals surface area (Å²) < 4.78 is 26.7. The van der Waals surface area contributed by atoms with Gasteiger partial charge in [0.05, 0.1) is 11.3 Å². The highest BCUT2D eigenvalue weighted by molar-refractivity contribution is 7.88. The van der Waals surface area contributed by atoms with E-state index < -0.39 is 10.0 Å². The lowest BCUT2D eigenvalue weighted by Crippen LogP contribution is -2.46. The van der Waals surface area contributed by atoms with E-state index in [9.17, 15) is 13.2 Å². The Morgan fingerprint density at radius 2 is 1.63 bits per heavy atom. The zero-order valence-electron chi connectivity index (χ0n) is 14.9. The summed E-state index contributed by atoms with van der Waals surface area (Å²) in [5.41, 5.74) is 7.50. The third-order valence-electron chi connectivity index (χ3n) is 4.58. The van der Waals surface area contributed by atoms with Crippen LogP contribution in [0.15, 0.2) is 54.6 Å². The molecule has 1 fully saturated rings. The van der Waals surface area contributed by atoms with E-state index in [-0.39, 0.29) is 30.1 Å². The maximum Gasteiger partial charge on any atom is 0.253 e. The molecule has 6 nitrogen and oxygen atoms in total. The molecule has 0 unspecified atom stereocenters. The molecule has 2 aromatic carbocycles. The Morgan fingerprint density at radius 1 is 1.04 bits per heavy atom. The minimum Gasteiger partial charge on any atom is -0.398 e. The summed E-state index contributed by atoms with van der Waals surface area (Å²) in [6.07, 6.45) is 1.18. The summed E-state index contributed by atoms with van der Waals surface area (Å²) >= 11 is 0. The van der Waals surface area contributed by atoms with Gasteiger partial charge in [0.1, 0.15) is 0 Å². The molecule has 8 heteroatoms. The van der Waals surface area contributed by atoms with Gasteiger partial charge in [-0.25, -0.2) is 12.7 Å². The number of piperidine rings is 1. The monoisotopic (exact) mass is 409 g/mol. The highest BCUT2D eigenvalue weighted by Gasteiger charge is 2.29. The van der Waals surface area contributed by atoms with Gasteiger partial charge in [-0.05, 0) is 30.5 Å². The second-order valence-electron chi connectivity index (χ2n) is 6.48. The van der Waals surface area contributed by atoms with E-state index in [2.05, 4.69) is 5.32 Å². The lowest BCUT2D eigenvalue weighted by atomic mass is 10.1. The highest BCUT2D eigenvalue weighted by Crippen LogP contribution is 2.19. The van der Waals surface area contributed by atoms with Crippen LogP contribution < -0.4 is 11.1 Å². The summed E-state index contributed by atoms with van der Waals surface area (Å²) in [7, 11) is -3.35. The Kier molecular flexibility index (Phi) is 7.24. The van der Waals surface area contributed by atoms with Gasteiger partial charge in [-0.3, -0.25) is 4.79 Å². The van der Waals surface area contributed by atoms with E-state index >= 15 is 0 Å². The van der Waals surface area contributed by atoms with Crippen molar-refractivity contribution in [1.82, 2.24) is 9.62 Å². The molecule has 1 heterocycles. The van der Waals surface area contributed by atoms with Crippen LogP contribution in [0.4, 0.5) is 5.69 Å². The summed E-state index contributed by atoms with van der Waals surface area (Å²) in [5.74, 6) is -0.209. The lowest BCUT2D eigenvalue weighted by Gasteiger charge is -2.31. The first-order valence-electron chi connectivity index (χ1n) is 8.63. The standard InChI is InChI=1S/C19H23N3O3S.ClH/c20-18-9-5-4-8-17(18)19(23)21-16-10-12-22(13-11-16)26(24,25)14-15-6-2-1-3-7-15;/h1-9,16H,10-14,20H2,(H,21,23);1H. The van der Waals surface area contributed by atoms with Gasteiger partial charge in [0.2, 0.25) is 10.0 Å². The van der Waals surface area contributed by atoms with Crippen LogP contribution in [0.25, 0.3) is 0 Å². The zero-order valence-corrected chi connectivity index (χ0v) is 16.5. The van der Waals surface area contributed by atoms with E-state index in [1.807, 2.05) is 30.3 Å². The number of nitrogens with zero attached hydrogens (tertiary/aromatic N) is 1. The number of hydrogen-bond donors (Lipinski definition) is 2. The molecule has 146 valence electrons. The third kappa shape index (κ3) is 5.45. The highest BCUT2D eigenvalue weighted by atomic mass is 35.5. The first-order valence-corrected chi connectivity index (χ1v) is 10.2. The molecule has 0 aromatic heterocycles. The number of nitrogens with one attached hydrogen (secondary N) is 1. The zero-order chi connectivity index (χ0) is 18.6. The van der Waals surface area contributed by atoms with Gasteiger partial charge in [0.15, 0.2) is 0 Å². The number of sulfonamides is 1. The van der Waals surface area contributed by atoms with Crippen molar-refractivity contribution in [1.29, 1.82) is 0 Å². The number of amides is 1. The Labute approximate surface area is 166 Å². The van der Waals surface area contributed by atoms with Crippen LogP contribution in [0, 0.1) is 0 Å². The van der Waals surface area contributed by atoms with E-state index in [1.54, 1.807) is 24.3 Å². The number of halogens is 1. The SMILES string of the molecule is Cl.Nc1ccccc1C(=O)NC1CCN(S(=O)(=O)Cc2ccccc2)CC1. The summed E-state index contributed by atoms with van der Waals surface area (Å²) in [6.45, 7) is 0.814. The molecular weight excluding hydrogens is 386 g/mol. The number of hydrogen-bond acceptors (Lipinski definition) is 4. The van der Waals surface area contributed by atoms with Gasteiger partial charge < -0.3 is 11.1 Å². The molecule has 1 aliphatic rings. The normalized spacial score (nSPS) is 15.7. The third-order valence-corrected chi connectivity index (χ3v) is 6.43. The van der Waals surface area contributed by atoms with Crippen molar-refractivity contribution >= 4 is 34.0 Å². The van der Waals surface area contributed by atoms with Crippen LogP contribution in [0.1, 0.15) is 28.8 Å². The summed E-state index contributed by atoms with van der Waals surface area (Å²) in [5, 5.41) is 2.96. The predicted molar refractivity (Wildman–Crippen MR) is 109 cm³/mol. The summed E-state index contributed by atoms with van der Waals surface area (Å²) in [6, 6.07) is 16.0. The molecule has 0 spiro atoms. The van der Waals surface area contributed by atoms with Crippen LogP contribution in [-0.2, 0) is 15.8 Å². The maximum atomic E-state index is 12.6. The van der Waals surface area contributed by atoms with Gasteiger partial charge in [0, 0.05) is 24.8 Å². The molecule has 27 heavy (non-hydrogen) atoms. The second kappa shape index (κ2) is 9.21. The minimum atomic E-state index is -3.35. The fourth-order valence-corrected chi connectivity index (χ4v) is 4.68. The number of rotatable bonds is 5. The molecule has 0 bridgehead atoms. The van der Waals surface area contributed by atoms with Crippen LogP contribution in [0.3, 0.4) is 0 Å². The van der Waals surface area contributed by atoms with Gasteiger partial charge in [0.25, 0.3) is 5.91 Å². The molecule has 0 saturated carbocycles. The quantitative estimate of drug-likeness (QED) is 0.741. The number of nitrogens with two attached hydrogens (primary N) is 1. The Balaban J connectivity index is 0.00000261. The average Bonchev–Trinajstić information content (AvgIpc) is 2.63. The number of carbonyl (C=O) groups excluding carboxylic acids is 1. The van der Waals surface area contributed by atoms with Crippen molar-refractivity contribution in [2.75, 3.05) is 18.8 Å². The molecular formula is C19H24ClN3O3S. The number of nitrogen functional groups attached to an aromatic ring is 1. The van der Waals surface area contributed by atoms with Gasteiger partial charge in [-0.1, -0.05) is 42.5 Å². The maximum absolute atomic E-state index is 12.6. The van der Waals surface area contributed by atoms with E-state index in [4.69, 9.17) is 5.73 Å². The van der Waals surface area contributed by atoms with Gasteiger partial charge in [-0.15, -0.1) is 12.4 Å². The average molecular weight is 410 g/mol. The smallest absolute Gasteiger partial charge is 0.253 e. The molecule has 0 aliphatic carbocycles. The van der Waals surface area contributed by atoms with Gasteiger partial charge >= 0.3 is 0 Å². The molecule has 1 saturated heterocycles. The molecule has 2 aromatic rings. The van der Waals surface area contributed by atoms with Crippen molar-refractivity contribution in [3.05, 3.63) is 65.7 Å². The Morgan fingerprint density at radius 3 is 2.26 bits per heavy atom. The van der Waals surface area contributed by atoms with Crippen molar-refractivity contribution in [2.24, 2.45) is 0 Å². The lowest BCUT2D eigenvalue weighted by molar-refractivity contribution is 0.0924. The van der Waals surface area contributed by atoms with E-state index in [0.29, 0.717) is 37.2 Å². The number of carbonyl (C=O) groups is 1. The second-order valence-corrected chi connectivity index (χ2v) is 8.44. The molecule has 3 rings (SSSR count). The molecule has 3 N–H and O–H groups in total. The van der Waals surface area contributed by atoms with Crippen LogP contribution in [0.2, 0.25) is 0 Å². The first-order chi connectivity index (χ1) is 12.5. The van der Waals surface area contributed by atoms with Crippen LogP contribution in [0.5, 0.6) is 0 Å². The van der Waals surface area contributed by atoms with Crippen molar-refractivity contribution in [2.45, 2.75) is 24.6 Å². The Bertz CT molecular complexity index is 867. The Hall–Kier alpha value is -2.09. The molecule has 1 amide bonds. The number of para-hydroxylation sites is 1.